The molecule has 3 heteroatoms. The van der Waals surface area contributed by atoms with Gasteiger partial charge in [0.25, 0.3) is 0 Å². The highest BCUT2D eigenvalue weighted by atomic mass is 31.2. The van der Waals surface area contributed by atoms with Crippen molar-refractivity contribution in [3.63, 3.8) is 0 Å². The largest absolute Gasteiger partial charge is 0.322 e. The molecule has 1 aliphatic rings. The molecule has 178 valence electrons. The summed E-state index contributed by atoms with van der Waals surface area (Å²) >= 11 is 0. The van der Waals surface area contributed by atoms with Gasteiger partial charge < -0.3 is 4.67 Å². The molecule has 0 radical (unpaired) electrons. The summed E-state index contributed by atoms with van der Waals surface area (Å²) in [6.07, 6.45) is 11.3. The zero-order chi connectivity index (χ0) is 23.3. The predicted molar refractivity (Wildman–Crippen MR) is 140 cm³/mol. The number of hydrogen-bond acceptors (Lipinski definition) is 1. The highest BCUT2D eigenvalue weighted by molar-refractivity contribution is 7.70. The first-order chi connectivity index (χ1) is 14.5. The van der Waals surface area contributed by atoms with Crippen LogP contribution in [0.4, 0.5) is 5.69 Å². The molecule has 1 saturated heterocycles. The van der Waals surface area contributed by atoms with Gasteiger partial charge in [0.1, 0.15) is 0 Å². The Morgan fingerprint density at radius 3 is 2.03 bits per heavy atom. The number of nitrogens with zero attached hydrogens (tertiary/aromatic N) is 1. The Morgan fingerprint density at radius 2 is 1.48 bits per heavy atom. The van der Waals surface area contributed by atoms with Crippen molar-refractivity contribution >= 4 is 13.0 Å². The second-order valence-corrected chi connectivity index (χ2v) is 15.4. The van der Waals surface area contributed by atoms with Crippen LogP contribution in [0, 0.1) is 11.8 Å². The molecule has 0 saturated carbocycles. The Kier molecular flexibility index (Phi) is 9.33. The molecule has 0 spiro atoms. The lowest BCUT2D eigenvalue weighted by atomic mass is 9.83. The Bertz CT molecular complexity index is 699. The molecule has 0 amide bonds. The monoisotopic (exact) mass is 447 g/mol. The van der Waals surface area contributed by atoms with Gasteiger partial charge in [-0.2, -0.15) is 0 Å². The average molecular weight is 448 g/mol. The van der Waals surface area contributed by atoms with Crippen LogP contribution in [0.3, 0.4) is 0 Å². The maximum absolute atomic E-state index is 14.7. The second-order valence-electron chi connectivity index (χ2n) is 11.4. The summed E-state index contributed by atoms with van der Waals surface area (Å²) in [6, 6.07) is 9.06. The maximum Gasteiger partial charge on any atom is 0.183 e. The lowest BCUT2D eigenvalue weighted by molar-refractivity contribution is 0.267. The molecule has 1 aliphatic heterocycles. The summed E-state index contributed by atoms with van der Waals surface area (Å²) in [5.41, 5.74) is 2.58. The molecule has 0 aromatic heterocycles. The average Bonchev–Trinajstić information content (AvgIpc) is 2.72. The Balaban J connectivity index is 2.15. The first kappa shape index (κ1) is 26.5. The molecule has 0 unspecified atom stereocenters. The molecule has 1 fully saturated rings. The molecule has 0 atom stereocenters. The van der Waals surface area contributed by atoms with Crippen molar-refractivity contribution in [2.24, 2.45) is 11.8 Å². The van der Waals surface area contributed by atoms with Crippen molar-refractivity contribution in [3.05, 3.63) is 29.8 Å². The zero-order valence-corrected chi connectivity index (χ0v) is 22.7. The molecular weight excluding hydrogens is 397 g/mol. The summed E-state index contributed by atoms with van der Waals surface area (Å²) < 4.78 is 17.0. The minimum atomic E-state index is -2.56. The standard InChI is InChI=1S/C28H50NOP/c1-9-10-11-15-22-29(31(30)27(5,6)24(4)28(31,7)8)26-20-18-25(19-21-26)17-14-12-13-16-23(2)3/h18-21,23-24H,9-17,22H2,1-8H3. The lowest BCUT2D eigenvalue weighted by Crippen LogP contribution is -2.62. The Morgan fingerprint density at radius 1 is 0.903 bits per heavy atom. The summed E-state index contributed by atoms with van der Waals surface area (Å²) in [4.78, 5) is 0. The van der Waals surface area contributed by atoms with Crippen LogP contribution < -0.4 is 4.67 Å². The van der Waals surface area contributed by atoms with Crippen LogP contribution in [-0.2, 0) is 11.0 Å². The van der Waals surface area contributed by atoms with E-state index >= 15 is 0 Å². The fourth-order valence-electron chi connectivity index (χ4n) is 5.70. The van der Waals surface area contributed by atoms with E-state index in [1.165, 1.54) is 50.5 Å². The molecule has 2 rings (SSSR count). The first-order valence-electron chi connectivity index (χ1n) is 13.0. The van der Waals surface area contributed by atoms with Crippen molar-refractivity contribution < 1.29 is 4.57 Å². The summed E-state index contributed by atoms with van der Waals surface area (Å²) in [6.45, 7) is 19.0. The van der Waals surface area contributed by atoms with Crippen LogP contribution in [0.15, 0.2) is 24.3 Å². The van der Waals surface area contributed by atoms with Gasteiger partial charge >= 0.3 is 0 Å². The third-order valence-corrected chi connectivity index (χ3v) is 13.2. The molecule has 0 N–H and O–H groups in total. The van der Waals surface area contributed by atoms with Gasteiger partial charge in [0.2, 0.25) is 0 Å². The highest BCUT2D eigenvalue weighted by Gasteiger charge is 2.70. The van der Waals surface area contributed by atoms with Gasteiger partial charge in [0.05, 0.1) is 0 Å². The highest BCUT2D eigenvalue weighted by Crippen LogP contribution is 2.83. The van der Waals surface area contributed by atoms with E-state index in [4.69, 9.17) is 0 Å². The van der Waals surface area contributed by atoms with E-state index in [1.807, 2.05) is 0 Å². The third kappa shape index (κ3) is 5.43. The molecule has 1 aromatic carbocycles. The van der Waals surface area contributed by atoms with Crippen LogP contribution in [0.5, 0.6) is 0 Å². The normalized spacial score (nSPS) is 24.2. The minimum Gasteiger partial charge on any atom is -0.322 e. The van der Waals surface area contributed by atoms with Crippen molar-refractivity contribution in [2.45, 2.75) is 123 Å². The van der Waals surface area contributed by atoms with Crippen molar-refractivity contribution in [1.29, 1.82) is 0 Å². The molecule has 31 heavy (non-hydrogen) atoms. The molecule has 1 heterocycles. The van der Waals surface area contributed by atoms with Gasteiger partial charge in [-0.25, -0.2) is 0 Å². The number of benzene rings is 1. The fourth-order valence-corrected chi connectivity index (χ4v) is 10.8. The van der Waals surface area contributed by atoms with Crippen LogP contribution in [0.2, 0.25) is 0 Å². The van der Waals surface area contributed by atoms with E-state index in [0.29, 0.717) is 5.92 Å². The number of unbranched alkanes of at least 4 members (excludes halogenated alkanes) is 5. The molecule has 2 nitrogen and oxygen atoms in total. The Labute approximate surface area is 194 Å². The van der Waals surface area contributed by atoms with Crippen LogP contribution >= 0.6 is 7.29 Å². The maximum atomic E-state index is 14.7. The number of rotatable bonds is 13. The van der Waals surface area contributed by atoms with E-state index in [0.717, 1.165) is 31.0 Å². The third-order valence-electron chi connectivity index (χ3n) is 8.23. The van der Waals surface area contributed by atoms with Gasteiger partial charge in [0, 0.05) is 22.5 Å². The van der Waals surface area contributed by atoms with Gasteiger partial charge in [-0.05, 0) is 48.8 Å². The second kappa shape index (κ2) is 10.9. The summed E-state index contributed by atoms with van der Waals surface area (Å²) in [7, 11) is -2.56. The lowest BCUT2D eigenvalue weighted by Gasteiger charge is -2.65. The van der Waals surface area contributed by atoms with Crippen molar-refractivity contribution in [3.8, 4) is 0 Å². The quantitative estimate of drug-likeness (QED) is 0.222. The van der Waals surface area contributed by atoms with E-state index in [-0.39, 0.29) is 10.3 Å². The molecule has 0 aliphatic carbocycles. The van der Waals surface area contributed by atoms with Gasteiger partial charge in [-0.1, -0.05) is 106 Å². The van der Waals surface area contributed by atoms with E-state index < -0.39 is 7.29 Å². The minimum absolute atomic E-state index is 0.143. The number of anilines is 1. The van der Waals surface area contributed by atoms with Crippen LogP contribution in [-0.4, -0.2) is 16.9 Å². The van der Waals surface area contributed by atoms with E-state index in [2.05, 4.69) is 84.3 Å². The van der Waals surface area contributed by atoms with E-state index in [1.54, 1.807) is 0 Å². The molecule has 0 bridgehead atoms. The van der Waals surface area contributed by atoms with Gasteiger partial charge in [0.15, 0.2) is 7.29 Å². The van der Waals surface area contributed by atoms with Crippen LogP contribution in [0.1, 0.15) is 112 Å². The molecular formula is C28H50NOP. The predicted octanol–water partition coefficient (Wildman–Crippen LogP) is 9.32. The number of aryl methyl sites for hydroxylation is 1. The zero-order valence-electron chi connectivity index (χ0n) is 21.8. The SMILES string of the molecule is CCCCCCN(c1ccc(CCCCCC(C)C)cc1)P1(=O)C(C)(C)C(C)C1(C)C. The summed E-state index contributed by atoms with van der Waals surface area (Å²) in [5, 5.41) is -0.285. The smallest absolute Gasteiger partial charge is 0.183 e. The molecule has 1 aromatic rings. The van der Waals surface area contributed by atoms with Crippen molar-refractivity contribution in [1.82, 2.24) is 0 Å². The van der Waals surface area contributed by atoms with Crippen LogP contribution in [0.25, 0.3) is 0 Å². The first-order valence-corrected chi connectivity index (χ1v) is 14.6. The van der Waals surface area contributed by atoms with E-state index in [9.17, 15) is 4.57 Å². The fraction of sp³-hybridized carbons (Fsp3) is 0.786. The van der Waals surface area contributed by atoms with Crippen molar-refractivity contribution in [2.75, 3.05) is 11.2 Å². The van der Waals surface area contributed by atoms with Gasteiger partial charge in [-0.15, -0.1) is 0 Å². The number of hydrogen-bond donors (Lipinski definition) is 0. The van der Waals surface area contributed by atoms with Gasteiger partial charge in [-0.3, -0.25) is 4.57 Å². The topological polar surface area (TPSA) is 20.3 Å². The summed E-state index contributed by atoms with van der Waals surface area (Å²) in [5.74, 6) is 1.27. The Hall–Kier alpha value is -0.750.